The number of nitrogens with one attached hydrogen (secondary N) is 2. The first-order valence-electron chi connectivity index (χ1n) is 10.1. The van der Waals surface area contributed by atoms with Gasteiger partial charge in [-0.2, -0.15) is 13.2 Å². The lowest BCUT2D eigenvalue weighted by atomic mass is 10.1. The van der Waals surface area contributed by atoms with E-state index in [1.807, 2.05) is 0 Å². The number of carbonyl (C=O) groups excluding carboxylic acids is 2. The molecule has 170 valence electrons. The summed E-state index contributed by atoms with van der Waals surface area (Å²) in [5.41, 5.74) is -0.838. The number of rotatable bonds is 7. The summed E-state index contributed by atoms with van der Waals surface area (Å²) in [6.45, 7) is 0.185. The lowest BCUT2D eigenvalue weighted by Gasteiger charge is -2.17. The predicted molar refractivity (Wildman–Crippen MR) is 111 cm³/mol. The second-order valence-electron chi connectivity index (χ2n) is 7.59. The molecular weight excluding hydrogens is 437 g/mol. The molecule has 1 aliphatic rings. The van der Waals surface area contributed by atoms with Crippen molar-refractivity contribution in [3.8, 4) is 11.5 Å². The Balaban J connectivity index is 1.34. The Morgan fingerprint density at radius 2 is 1.67 bits per heavy atom. The van der Waals surface area contributed by atoms with E-state index in [9.17, 15) is 22.8 Å². The molecule has 1 aliphatic carbocycles. The molecule has 4 rings (SSSR count). The molecule has 0 atom stereocenters. The molecule has 7 nitrogen and oxygen atoms in total. The van der Waals surface area contributed by atoms with Gasteiger partial charge in [0, 0.05) is 18.9 Å². The van der Waals surface area contributed by atoms with E-state index >= 15 is 0 Å². The first-order chi connectivity index (χ1) is 15.8. The molecular formula is C23H19F3N4O3. The minimum absolute atomic E-state index is 0.185. The van der Waals surface area contributed by atoms with Gasteiger partial charge in [0.2, 0.25) is 5.91 Å². The van der Waals surface area contributed by atoms with Gasteiger partial charge in [0.05, 0.1) is 11.1 Å². The third-order valence-electron chi connectivity index (χ3n) is 5.16. The maximum absolute atomic E-state index is 13.1. The minimum atomic E-state index is -4.53. The van der Waals surface area contributed by atoms with Crippen LogP contribution in [-0.2, 0) is 17.5 Å². The smallest absolute Gasteiger partial charge is 0.419 e. The van der Waals surface area contributed by atoms with Gasteiger partial charge in [0.1, 0.15) is 23.4 Å². The van der Waals surface area contributed by atoms with Crippen molar-refractivity contribution in [3.05, 3.63) is 83.9 Å². The van der Waals surface area contributed by atoms with Crippen LogP contribution in [0.15, 0.2) is 67.3 Å². The molecule has 2 N–H and O–H groups in total. The zero-order valence-electron chi connectivity index (χ0n) is 17.2. The Bertz CT molecular complexity index is 1150. The standard InChI is InChI=1S/C23H19F3N4O3/c24-23(25,26)18-3-1-2-4-19(18)33-17-7-5-15(6-8-17)11-29-21(32)22(9-10-22)30-20(31)16-12-27-14-28-13-16/h1-8,12-14H,9-11H2,(H,29,32)(H,30,31). The zero-order chi connectivity index (χ0) is 23.5. The van der Waals surface area contributed by atoms with E-state index in [0.29, 0.717) is 12.8 Å². The van der Waals surface area contributed by atoms with Gasteiger partial charge in [0.15, 0.2) is 0 Å². The number of aromatic nitrogens is 2. The van der Waals surface area contributed by atoms with Crippen molar-refractivity contribution in [1.29, 1.82) is 0 Å². The SMILES string of the molecule is O=C(NC1(C(=O)NCc2ccc(Oc3ccccc3C(F)(F)F)cc2)CC1)c1cncnc1. The lowest BCUT2D eigenvalue weighted by Crippen LogP contribution is -2.48. The number of carbonyl (C=O) groups is 2. The van der Waals surface area contributed by atoms with E-state index in [1.165, 1.54) is 49.1 Å². The first-order valence-corrected chi connectivity index (χ1v) is 10.1. The molecule has 33 heavy (non-hydrogen) atoms. The van der Waals surface area contributed by atoms with Crippen molar-refractivity contribution in [2.45, 2.75) is 31.1 Å². The van der Waals surface area contributed by atoms with E-state index in [2.05, 4.69) is 20.6 Å². The fourth-order valence-corrected chi connectivity index (χ4v) is 3.18. The number of amides is 2. The van der Waals surface area contributed by atoms with Crippen LogP contribution in [0.5, 0.6) is 11.5 Å². The summed E-state index contributed by atoms with van der Waals surface area (Å²) in [6, 6.07) is 11.3. The molecule has 3 aromatic rings. The highest BCUT2D eigenvalue weighted by atomic mass is 19.4. The highest BCUT2D eigenvalue weighted by Crippen LogP contribution is 2.38. The molecule has 1 saturated carbocycles. The van der Waals surface area contributed by atoms with Crippen LogP contribution in [0.4, 0.5) is 13.2 Å². The molecule has 0 unspecified atom stereocenters. The average Bonchev–Trinajstić information content (AvgIpc) is 3.59. The molecule has 1 aromatic heterocycles. The molecule has 10 heteroatoms. The highest BCUT2D eigenvalue weighted by Gasteiger charge is 2.51. The normalized spacial score (nSPS) is 14.3. The van der Waals surface area contributed by atoms with E-state index in [4.69, 9.17) is 4.74 Å². The first kappa shape index (κ1) is 22.3. The summed E-state index contributed by atoms with van der Waals surface area (Å²) in [5.74, 6) is -0.796. The van der Waals surface area contributed by atoms with Gasteiger partial charge < -0.3 is 15.4 Å². The summed E-state index contributed by atoms with van der Waals surface area (Å²) in [7, 11) is 0. The summed E-state index contributed by atoms with van der Waals surface area (Å²) in [5, 5.41) is 5.51. The van der Waals surface area contributed by atoms with Gasteiger partial charge in [-0.3, -0.25) is 9.59 Å². The Hall–Kier alpha value is -3.95. The Kier molecular flexibility index (Phi) is 5.99. The van der Waals surface area contributed by atoms with Crippen LogP contribution in [0, 0.1) is 0 Å². The van der Waals surface area contributed by atoms with Gasteiger partial charge in [-0.05, 0) is 42.7 Å². The summed E-state index contributed by atoms with van der Waals surface area (Å²) in [4.78, 5) is 32.5. The van der Waals surface area contributed by atoms with Gasteiger partial charge in [-0.1, -0.05) is 24.3 Å². The second-order valence-corrected chi connectivity index (χ2v) is 7.59. The number of halogens is 3. The predicted octanol–water partition coefficient (Wildman–Crippen LogP) is 3.87. The second kappa shape index (κ2) is 8.89. The molecule has 1 heterocycles. The average molecular weight is 456 g/mol. The fraction of sp³-hybridized carbons (Fsp3) is 0.217. The molecule has 0 spiro atoms. The van der Waals surface area contributed by atoms with Crippen molar-refractivity contribution in [3.63, 3.8) is 0 Å². The van der Waals surface area contributed by atoms with Crippen molar-refractivity contribution >= 4 is 11.8 Å². The summed E-state index contributed by atoms with van der Waals surface area (Å²) in [6.07, 6.45) is 0.553. The van der Waals surface area contributed by atoms with Crippen molar-refractivity contribution in [2.75, 3.05) is 0 Å². The largest absolute Gasteiger partial charge is 0.457 e. The topological polar surface area (TPSA) is 93.2 Å². The Morgan fingerprint density at radius 3 is 2.30 bits per heavy atom. The van der Waals surface area contributed by atoms with E-state index in [0.717, 1.165) is 11.6 Å². The number of benzene rings is 2. The highest BCUT2D eigenvalue weighted by molar-refractivity contribution is 6.00. The van der Waals surface area contributed by atoms with Crippen molar-refractivity contribution in [1.82, 2.24) is 20.6 Å². The van der Waals surface area contributed by atoms with Gasteiger partial charge in [0.25, 0.3) is 5.91 Å². The maximum Gasteiger partial charge on any atom is 0.419 e. The number of hydrogen-bond donors (Lipinski definition) is 2. The van der Waals surface area contributed by atoms with Crippen LogP contribution < -0.4 is 15.4 Å². The van der Waals surface area contributed by atoms with E-state index in [1.54, 1.807) is 12.1 Å². The monoisotopic (exact) mass is 456 g/mol. The van der Waals surface area contributed by atoms with Crippen LogP contribution >= 0.6 is 0 Å². The number of nitrogens with zero attached hydrogens (tertiary/aromatic N) is 2. The zero-order valence-corrected chi connectivity index (χ0v) is 17.2. The van der Waals surface area contributed by atoms with E-state index < -0.39 is 23.2 Å². The lowest BCUT2D eigenvalue weighted by molar-refractivity contribution is -0.138. The van der Waals surface area contributed by atoms with Crippen molar-refractivity contribution in [2.24, 2.45) is 0 Å². The summed E-state index contributed by atoms with van der Waals surface area (Å²) < 4.78 is 44.7. The minimum Gasteiger partial charge on any atom is -0.457 e. The van der Waals surface area contributed by atoms with Crippen LogP contribution in [0.1, 0.15) is 34.3 Å². The summed E-state index contributed by atoms with van der Waals surface area (Å²) >= 11 is 0. The van der Waals surface area contributed by atoms with Gasteiger partial charge in [-0.15, -0.1) is 0 Å². The Morgan fingerprint density at radius 1 is 1.00 bits per heavy atom. The molecule has 0 radical (unpaired) electrons. The number of hydrogen-bond acceptors (Lipinski definition) is 5. The third-order valence-corrected chi connectivity index (χ3v) is 5.16. The van der Waals surface area contributed by atoms with Crippen LogP contribution in [0.2, 0.25) is 0 Å². The molecule has 0 aliphatic heterocycles. The molecule has 0 saturated heterocycles. The van der Waals surface area contributed by atoms with E-state index in [-0.39, 0.29) is 29.5 Å². The Labute approximate surface area is 187 Å². The van der Waals surface area contributed by atoms with Gasteiger partial charge in [-0.25, -0.2) is 9.97 Å². The van der Waals surface area contributed by atoms with Crippen molar-refractivity contribution < 1.29 is 27.5 Å². The third kappa shape index (κ3) is 5.28. The molecule has 2 aromatic carbocycles. The van der Waals surface area contributed by atoms with Crippen LogP contribution in [0.3, 0.4) is 0 Å². The number of ether oxygens (including phenoxy) is 1. The fourth-order valence-electron chi connectivity index (χ4n) is 3.18. The quantitative estimate of drug-likeness (QED) is 0.563. The molecule has 2 amide bonds. The number of alkyl halides is 3. The number of para-hydroxylation sites is 1. The molecule has 0 bridgehead atoms. The van der Waals surface area contributed by atoms with Gasteiger partial charge >= 0.3 is 6.18 Å². The van der Waals surface area contributed by atoms with Crippen LogP contribution in [-0.4, -0.2) is 27.3 Å². The molecule has 1 fully saturated rings. The maximum atomic E-state index is 13.1. The van der Waals surface area contributed by atoms with Crippen LogP contribution in [0.25, 0.3) is 0 Å².